The van der Waals surface area contributed by atoms with Crippen molar-refractivity contribution >= 4 is 28.3 Å². The molecule has 1 amide bonds. The normalized spacial score (nSPS) is 10.4. The Hall–Kier alpha value is -2.11. The summed E-state index contributed by atoms with van der Waals surface area (Å²) in [6, 6.07) is 3.29. The van der Waals surface area contributed by atoms with Gasteiger partial charge in [0, 0.05) is 6.92 Å². The lowest BCUT2D eigenvalue weighted by Crippen LogP contribution is -2.06. The number of nitrogens with one attached hydrogen (secondary N) is 1. The van der Waals surface area contributed by atoms with E-state index in [1.807, 2.05) is 0 Å². The second-order valence-electron chi connectivity index (χ2n) is 2.84. The van der Waals surface area contributed by atoms with Crippen molar-refractivity contribution < 1.29 is 9.42 Å². The Kier molecular flexibility index (Phi) is 1.81. The van der Waals surface area contributed by atoms with E-state index >= 15 is 0 Å². The molecule has 1 aromatic heterocycles. The Morgan fingerprint density at radius 3 is 2.86 bits per heavy atom. The summed E-state index contributed by atoms with van der Waals surface area (Å²) in [5, 5.41) is 9.88. The van der Waals surface area contributed by atoms with E-state index in [0.29, 0.717) is 22.4 Å². The van der Waals surface area contributed by atoms with Crippen molar-refractivity contribution in [3.05, 3.63) is 12.1 Å². The molecule has 72 valence electrons. The zero-order chi connectivity index (χ0) is 10.1. The van der Waals surface area contributed by atoms with E-state index < -0.39 is 0 Å². The molecule has 2 aromatic rings. The number of fused-ring (bicyclic) bond motifs is 1. The standard InChI is InChI=1S/C8H8N4O2/c1-4(13)10-6-3-2-5(9)7-8(6)12-14-11-7/h2-3H,9H2,1H3,(H,10,13). The lowest BCUT2D eigenvalue weighted by Gasteiger charge is -2.01. The summed E-state index contributed by atoms with van der Waals surface area (Å²) in [5.74, 6) is -0.181. The summed E-state index contributed by atoms with van der Waals surface area (Å²) in [5.41, 5.74) is 7.55. The van der Waals surface area contributed by atoms with Crippen molar-refractivity contribution in [2.75, 3.05) is 11.1 Å². The first-order valence-electron chi connectivity index (χ1n) is 3.97. The maximum atomic E-state index is 10.8. The molecule has 0 atom stereocenters. The van der Waals surface area contributed by atoms with Gasteiger partial charge in [0.1, 0.15) is 0 Å². The van der Waals surface area contributed by atoms with Crippen LogP contribution in [0.15, 0.2) is 16.8 Å². The molecule has 0 saturated heterocycles. The van der Waals surface area contributed by atoms with Gasteiger partial charge in [-0.05, 0) is 22.4 Å². The van der Waals surface area contributed by atoms with E-state index in [1.54, 1.807) is 12.1 Å². The number of carbonyl (C=O) groups excluding carboxylic acids is 1. The first-order valence-corrected chi connectivity index (χ1v) is 3.97. The lowest BCUT2D eigenvalue weighted by atomic mass is 10.2. The van der Waals surface area contributed by atoms with Crippen molar-refractivity contribution in [2.24, 2.45) is 0 Å². The molecule has 6 heteroatoms. The van der Waals surface area contributed by atoms with Gasteiger partial charge in [-0.15, -0.1) is 0 Å². The van der Waals surface area contributed by atoms with Gasteiger partial charge in [0.05, 0.1) is 11.4 Å². The van der Waals surface area contributed by atoms with Crippen LogP contribution < -0.4 is 11.1 Å². The average molecular weight is 192 g/mol. The number of benzene rings is 1. The topological polar surface area (TPSA) is 94.0 Å². The number of nitrogens with two attached hydrogens (primary N) is 1. The zero-order valence-corrected chi connectivity index (χ0v) is 7.44. The quantitative estimate of drug-likeness (QED) is 0.650. The minimum absolute atomic E-state index is 0.181. The fourth-order valence-electron chi connectivity index (χ4n) is 1.18. The number of rotatable bonds is 1. The molecule has 3 N–H and O–H groups in total. The molecule has 0 bridgehead atoms. The van der Waals surface area contributed by atoms with Crippen LogP contribution in [-0.4, -0.2) is 16.2 Å². The minimum Gasteiger partial charge on any atom is -0.397 e. The first kappa shape index (κ1) is 8.49. The average Bonchev–Trinajstić information content (AvgIpc) is 2.58. The number of anilines is 2. The van der Waals surface area contributed by atoms with Crippen LogP contribution in [0, 0.1) is 0 Å². The lowest BCUT2D eigenvalue weighted by molar-refractivity contribution is -0.114. The molecule has 6 nitrogen and oxygen atoms in total. The first-order chi connectivity index (χ1) is 6.68. The summed E-state index contributed by atoms with van der Waals surface area (Å²) in [4.78, 5) is 10.8. The monoisotopic (exact) mass is 192 g/mol. The smallest absolute Gasteiger partial charge is 0.221 e. The van der Waals surface area contributed by atoms with E-state index in [9.17, 15) is 4.79 Å². The molecule has 14 heavy (non-hydrogen) atoms. The van der Waals surface area contributed by atoms with Crippen molar-refractivity contribution in [2.45, 2.75) is 6.92 Å². The maximum absolute atomic E-state index is 10.8. The maximum Gasteiger partial charge on any atom is 0.221 e. The number of aromatic nitrogens is 2. The third-order valence-corrected chi connectivity index (χ3v) is 1.76. The van der Waals surface area contributed by atoms with Gasteiger partial charge in [-0.2, -0.15) is 0 Å². The Morgan fingerprint density at radius 2 is 2.14 bits per heavy atom. The Balaban J connectivity index is 2.60. The van der Waals surface area contributed by atoms with Crippen LogP contribution in [0.1, 0.15) is 6.92 Å². The molecular weight excluding hydrogens is 184 g/mol. The summed E-state index contributed by atoms with van der Waals surface area (Å²) in [7, 11) is 0. The Morgan fingerprint density at radius 1 is 1.43 bits per heavy atom. The van der Waals surface area contributed by atoms with Crippen molar-refractivity contribution in [3.63, 3.8) is 0 Å². The minimum atomic E-state index is -0.181. The van der Waals surface area contributed by atoms with E-state index in [2.05, 4.69) is 20.3 Å². The fraction of sp³-hybridized carbons (Fsp3) is 0.125. The van der Waals surface area contributed by atoms with E-state index in [4.69, 9.17) is 5.73 Å². The summed E-state index contributed by atoms with van der Waals surface area (Å²) in [6.07, 6.45) is 0. The third-order valence-electron chi connectivity index (χ3n) is 1.76. The summed E-state index contributed by atoms with van der Waals surface area (Å²) in [6.45, 7) is 1.41. The van der Waals surface area contributed by atoms with Crippen LogP contribution in [0.3, 0.4) is 0 Å². The van der Waals surface area contributed by atoms with E-state index in [-0.39, 0.29) is 5.91 Å². The molecule has 0 spiro atoms. The Labute approximate surface area is 79.0 Å². The predicted octanol–water partition coefficient (Wildman–Crippen LogP) is 0.763. The van der Waals surface area contributed by atoms with Crippen molar-refractivity contribution in [3.8, 4) is 0 Å². The highest BCUT2D eigenvalue weighted by Gasteiger charge is 2.10. The van der Waals surface area contributed by atoms with E-state index in [0.717, 1.165) is 0 Å². The van der Waals surface area contributed by atoms with Crippen LogP contribution >= 0.6 is 0 Å². The number of amides is 1. The van der Waals surface area contributed by atoms with Gasteiger partial charge in [0.2, 0.25) is 5.91 Å². The number of hydrogen-bond donors (Lipinski definition) is 2. The number of carbonyl (C=O) groups is 1. The van der Waals surface area contributed by atoms with Crippen LogP contribution in [0.4, 0.5) is 11.4 Å². The molecule has 1 heterocycles. The van der Waals surface area contributed by atoms with Gasteiger partial charge in [0.25, 0.3) is 0 Å². The zero-order valence-electron chi connectivity index (χ0n) is 7.44. The highest BCUT2D eigenvalue weighted by atomic mass is 16.6. The number of nitrogen functional groups attached to an aromatic ring is 1. The van der Waals surface area contributed by atoms with Crippen LogP contribution in [-0.2, 0) is 4.79 Å². The van der Waals surface area contributed by atoms with Gasteiger partial charge in [0.15, 0.2) is 11.0 Å². The largest absolute Gasteiger partial charge is 0.397 e. The highest BCUT2D eigenvalue weighted by Crippen LogP contribution is 2.24. The molecule has 0 radical (unpaired) electrons. The molecule has 2 rings (SSSR count). The van der Waals surface area contributed by atoms with Crippen molar-refractivity contribution in [1.82, 2.24) is 10.3 Å². The van der Waals surface area contributed by atoms with Gasteiger partial charge in [-0.3, -0.25) is 4.79 Å². The van der Waals surface area contributed by atoms with Crippen LogP contribution in [0.5, 0.6) is 0 Å². The SMILES string of the molecule is CC(=O)Nc1ccc(N)c2nonc12. The second-order valence-corrected chi connectivity index (χ2v) is 2.84. The second kappa shape index (κ2) is 2.99. The molecule has 1 aromatic carbocycles. The van der Waals surface area contributed by atoms with Gasteiger partial charge in [-0.1, -0.05) is 0 Å². The number of hydrogen-bond acceptors (Lipinski definition) is 5. The molecular formula is C8H8N4O2. The van der Waals surface area contributed by atoms with Gasteiger partial charge < -0.3 is 11.1 Å². The van der Waals surface area contributed by atoms with Crippen LogP contribution in [0.2, 0.25) is 0 Å². The molecule has 0 aliphatic heterocycles. The third kappa shape index (κ3) is 1.26. The molecule has 0 fully saturated rings. The fourth-order valence-corrected chi connectivity index (χ4v) is 1.18. The molecule has 0 unspecified atom stereocenters. The van der Waals surface area contributed by atoms with Crippen molar-refractivity contribution in [1.29, 1.82) is 0 Å². The van der Waals surface area contributed by atoms with Gasteiger partial charge in [-0.25, -0.2) is 4.63 Å². The Bertz CT molecular complexity index is 491. The molecule has 0 aliphatic rings. The molecule has 0 saturated carbocycles. The van der Waals surface area contributed by atoms with E-state index in [1.165, 1.54) is 6.92 Å². The van der Waals surface area contributed by atoms with Gasteiger partial charge >= 0.3 is 0 Å². The highest BCUT2D eigenvalue weighted by molar-refractivity contribution is 6.01. The number of nitrogens with zero attached hydrogens (tertiary/aromatic N) is 2. The van der Waals surface area contributed by atoms with Crippen LogP contribution in [0.25, 0.3) is 11.0 Å². The predicted molar refractivity (Wildman–Crippen MR) is 50.5 cm³/mol. The molecule has 0 aliphatic carbocycles. The summed E-state index contributed by atoms with van der Waals surface area (Å²) >= 11 is 0. The summed E-state index contributed by atoms with van der Waals surface area (Å²) < 4.78 is 4.54.